The number of carbonyl (C=O) groups is 3. The van der Waals surface area contributed by atoms with E-state index in [4.69, 9.17) is 0 Å². The first-order valence-electron chi connectivity index (χ1n) is 7.36. The number of piperidine rings is 1. The fourth-order valence-corrected chi connectivity index (χ4v) is 3.07. The fourth-order valence-electron chi connectivity index (χ4n) is 3.07. The van der Waals surface area contributed by atoms with E-state index in [0.29, 0.717) is 26.1 Å². The molecule has 2 aliphatic heterocycles. The molecule has 3 amide bonds. The lowest BCUT2D eigenvalue weighted by atomic mass is 9.90. The van der Waals surface area contributed by atoms with Crippen molar-refractivity contribution in [3.8, 4) is 0 Å². The lowest BCUT2D eigenvalue weighted by Gasteiger charge is -2.34. The quantitative estimate of drug-likeness (QED) is 0.770. The van der Waals surface area contributed by atoms with E-state index < -0.39 is 11.4 Å². The van der Waals surface area contributed by atoms with E-state index in [1.165, 1.54) is 0 Å². The Morgan fingerprint density at radius 3 is 2.52 bits per heavy atom. The summed E-state index contributed by atoms with van der Waals surface area (Å²) in [4.78, 5) is 38.7. The third-order valence-corrected chi connectivity index (χ3v) is 4.57. The zero-order valence-corrected chi connectivity index (χ0v) is 12.6. The van der Waals surface area contributed by atoms with Crippen LogP contribution < -0.4 is 5.32 Å². The monoisotopic (exact) mass is 297 g/mol. The Labute approximate surface area is 124 Å². The Bertz CT molecular complexity index is 454. The number of likely N-dealkylation sites (tertiary alicyclic amines) is 2. The van der Waals surface area contributed by atoms with E-state index >= 15 is 0 Å². The molecule has 0 spiro atoms. The van der Waals surface area contributed by atoms with Crippen LogP contribution in [-0.2, 0) is 9.59 Å². The first kappa shape index (κ1) is 15.6. The SMILES string of the molecule is CNC(=O)C1CCCN(C(=O)N2CCC(C)(C(=O)O)C2)C1. The van der Waals surface area contributed by atoms with Gasteiger partial charge in [0.2, 0.25) is 5.91 Å². The number of hydrogen-bond donors (Lipinski definition) is 2. The maximum absolute atomic E-state index is 12.5. The smallest absolute Gasteiger partial charge is 0.320 e. The van der Waals surface area contributed by atoms with Crippen molar-refractivity contribution in [3.05, 3.63) is 0 Å². The van der Waals surface area contributed by atoms with Gasteiger partial charge in [0.15, 0.2) is 0 Å². The summed E-state index contributed by atoms with van der Waals surface area (Å²) in [6, 6.07) is -0.145. The molecule has 118 valence electrons. The minimum Gasteiger partial charge on any atom is -0.481 e. The number of urea groups is 1. The van der Waals surface area contributed by atoms with Gasteiger partial charge in [0, 0.05) is 33.2 Å². The molecule has 2 rings (SSSR count). The molecule has 0 aromatic rings. The van der Waals surface area contributed by atoms with Gasteiger partial charge in [-0.2, -0.15) is 0 Å². The van der Waals surface area contributed by atoms with Crippen molar-refractivity contribution in [2.75, 3.05) is 33.2 Å². The molecule has 7 nitrogen and oxygen atoms in total. The highest BCUT2D eigenvalue weighted by atomic mass is 16.4. The number of carbonyl (C=O) groups excluding carboxylic acids is 2. The van der Waals surface area contributed by atoms with E-state index in [1.807, 2.05) is 0 Å². The van der Waals surface area contributed by atoms with E-state index in [9.17, 15) is 19.5 Å². The normalized spacial score (nSPS) is 29.3. The second kappa shape index (κ2) is 5.91. The Kier molecular flexibility index (Phi) is 4.39. The summed E-state index contributed by atoms with van der Waals surface area (Å²) >= 11 is 0. The number of amides is 3. The zero-order valence-electron chi connectivity index (χ0n) is 12.6. The van der Waals surface area contributed by atoms with E-state index in [2.05, 4.69) is 5.32 Å². The maximum atomic E-state index is 12.5. The van der Waals surface area contributed by atoms with Crippen molar-refractivity contribution in [1.82, 2.24) is 15.1 Å². The van der Waals surface area contributed by atoms with Crippen LogP contribution >= 0.6 is 0 Å². The van der Waals surface area contributed by atoms with Crippen LogP contribution in [0.3, 0.4) is 0 Å². The van der Waals surface area contributed by atoms with Gasteiger partial charge in [-0.25, -0.2) is 4.79 Å². The average molecular weight is 297 g/mol. The first-order chi connectivity index (χ1) is 9.87. The highest BCUT2D eigenvalue weighted by Crippen LogP contribution is 2.31. The molecule has 21 heavy (non-hydrogen) atoms. The van der Waals surface area contributed by atoms with Gasteiger partial charge in [-0.3, -0.25) is 9.59 Å². The van der Waals surface area contributed by atoms with Crippen LogP contribution in [-0.4, -0.2) is 66.0 Å². The molecule has 0 aromatic heterocycles. The molecule has 7 heteroatoms. The number of nitrogens with one attached hydrogen (secondary N) is 1. The Morgan fingerprint density at radius 1 is 1.24 bits per heavy atom. The summed E-state index contributed by atoms with van der Waals surface area (Å²) in [5, 5.41) is 11.8. The number of rotatable bonds is 2. The van der Waals surface area contributed by atoms with Crippen molar-refractivity contribution >= 4 is 17.9 Å². The van der Waals surface area contributed by atoms with Crippen molar-refractivity contribution in [2.24, 2.45) is 11.3 Å². The van der Waals surface area contributed by atoms with Crippen molar-refractivity contribution in [2.45, 2.75) is 26.2 Å². The molecule has 2 fully saturated rings. The van der Waals surface area contributed by atoms with Crippen LogP contribution in [0, 0.1) is 11.3 Å². The van der Waals surface area contributed by atoms with Gasteiger partial charge in [0.25, 0.3) is 0 Å². The van der Waals surface area contributed by atoms with Crippen LogP contribution in [0.15, 0.2) is 0 Å². The summed E-state index contributed by atoms with van der Waals surface area (Å²) in [6.07, 6.45) is 2.06. The molecule has 0 radical (unpaired) electrons. The molecule has 0 aromatic carbocycles. The van der Waals surface area contributed by atoms with Crippen molar-refractivity contribution < 1.29 is 19.5 Å². The highest BCUT2D eigenvalue weighted by Gasteiger charge is 2.43. The number of carboxylic acids is 1. The molecule has 2 N–H and O–H groups in total. The van der Waals surface area contributed by atoms with Crippen LogP contribution in [0.4, 0.5) is 4.79 Å². The Morgan fingerprint density at radius 2 is 1.95 bits per heavy atom. The van der Waals surface area contributed by atoms with Gasteiger partial charge in [0.05, 0.1) is 11.3 Å². The lowest BCUT2D eigenvalue weighted by Crippen LogP contribution is -2.50. The van der Waals surface area contributed by atoms with E-state index in [-0.39, 0.29) is 24.4 Å². The molecule has 2 aliphatic rings. The molecular weight excluding hydrogens is 274 g/mol. The predicted octanol–water partition coefficient (Wildman–Crippen LogP) is 0.361. The average Bonchev–Trinajstić information content (AvgIpc) is 2.89. The second-order valence-corrected chi connectivity index (χ2v) is 6.22. The topological polar surface area (TPSA) is 90.0 Å². The second-order valence-electron chi connectivity index (χ2n) is 6.22. The third kappa shape index (κ3) is 3.11. The summed E-state index contributed by atoms with van der Waals surface area (Å²) in [5.74, 6) is -1.06. The van der Waals surface area contributed by atoms with E-state index in [0.717, 1.165) is 12.8 Å². The largest absolute Gasteiger partial charge is 0.481 e. The molecule has 2 saturated heterocycles. The molecule has 0 aliphatic carbocycles. The minimum absolute atomic E-state index is 0.0377. The maximum Gasteiger partial charge on any atom is 0.320 e. The Hall–Kier alpha value is -1.79. The molecule has 2 atom stereocenters. The van der Waals surface area contributed by atoms with Gasteiger partial charge >= 0.3 is 12.0 Å². The molecule has 0 saturated carbocycles. The molecule has 0 bridgehead atoms. The number of hydrogen-bond acceptors (Lipinski definition) is 3. The van der Waals surface area contributed by atoms with Crippen LogP contribution in [0.5, 0.6) is 0 Å². The first-order valence-corrected chi connectivity index (χ1v) is 7.36. The standard InChI is InChI=1S/C14H23N3O4/c1-14(12(19)20)5-7-17(9-14)13(21)16-6-3-4-10(8-16)11(18)15-2/h10H,3-9H2,1-2H3,(H,15,18)(H,19,20). The molecule has 2 unspecified atom stereocenters. The zero-order chi connectivity index (χ0) is 15.6. The van der Waals surface area contributed by atoms with Gasteiger partial charge < -0.3 is 20.2 Å². The van der Waals surface area contributed by atoms with Gasteiger partial charge in [0.1, 0.15) is 0 Å². The number of nitrogens with zero attached hydrogens (tertiary/aromatic N) is 2. The minimum atomic E-state index is -0.861. The third-order valence-electron chi connectivity index (χ3n) is 4.57. The number of carboxylic acid groups (broad SMARTS) is 1. The number of aliphatic carboxylic acids is 1. The lowest BCUT2D eigenvalue weighted by molar-refractivity contribution is -0.147. The predicted molar refractivity (Wildman–Crippen MR) is 75.7 cm³/mol. The van der Waals surface area contributed by atoms with E-state index in [1.54, 1.807) is 23.8 Å². The highest BCUT2D eigenvalue weighted by molar-refractivity contribution is 5.82. The van der Waals surface area contributed by atoms with Crippen LogP contribution in [0.2, 0.25) is 0 Å². The summed E-state index contributed by atoms with van der Waals surface area (Å²) in [5.41, 5.74) is -0.856. The Balaban J connectivity index is 1.98. The van der Waals surface area contributed by atoms with Crippen molar-refractivity contribution in [3.63, 3.8) is 0 Å². The fraction of sp³-hybridized carbons (Fsp3) is 0.786. The van der Waals surface area contributed by atoms with Crippen LogP contribution in [0.25, 0.3) is 0 Å². The molecule has 2 heterocycles. The van der Waals surface area contributed by atoms with Gasteiger partial charge in [-0.05, 0) is 26.2 Å². The summed E-state index contributed by atoms with van der Waals surface area (Å²) < 4.78 is 0. The summed E-state index contributed by atoms with van der Waals surface area (Å²) in [7, 11) is 1.60. The van der Waals surface area contributed by atoms with Crippen molar-refractivity contribution in [1.29, 1.82) is 0 Å². The van der Waals surface area contributed by atoms with Gasteiger partial charge in [-0.15, -0.1) is 0 Å². The van der Waals surface area contributed by atoms with Crippen LogP contribution in [0.1, 0.15) is 26.2 Å². The molecular formula is C14H23N3O4. The summed E-state index contributed by atoms with van der Waals surface area (Å²) in [6.45, 7) is 3.42. The van der Waals surface area contributed by atoms with Gasteiger partial charge in [-0.1, -0.05) is 0 Å².